The van der Waals surface area contributed by atoms with E-state index in [2.05, 4.69) is 10.5 Å². The lowest BCUT2D eigenvalue weighted by Gasteiger charge is -2.12. The van der Waals surface area contributed by atoms with Gasteiger partial charge in [0, 0.05) is 0 Å². The average Bonchev–Trinajstić information content (AvgIpc) is 2.79. The molecule has 0 aliphatic carbocycles. The number of ether oxygens (including phenoxy) is 2. The van der Waals surface area contributed by atoms with Crippen LogP contribution in [0.25, 0.3) is 0 Å². The number of rotatable bonds is 9. The molecule has 0 spiro atoms. The predicted molar refractivity (Wildman–Crippen MR) is 119 cm³/mol. The van der Waals surface area contributed by atoms with Gasteiger partial charge in [-0.2, -0.15) is 18.3 Å². The van der Waals surface area contributed by atoms with E-state index in [0.717, 1.165) is 17.7 Å². The highest BCUT2D eigenvalue weighted by molar-refractivity contribution is 5.84. The first-order chi connectivity index (χ1) is 15.8. The third kappa shape index (κ3) is 7.38. The van der Waals surface area contributed by atoms with Crippen LogP contribution < -0.4 is 14.9 Å². The molecule has 5 nitrogen and oxygen atoms in total. The Labute approximate surface area is 189 Å². The van der Waals surface area contributed by atoms with E-state index in [9.17, 15) is 18.0 Å². The van der Waals surface area contributed by atoms with Gasteiger partial charge in [-0.05, 0) is 47.9 Å². The lowest BCUT2D eigenvalue weighted by Crippen LogP contribution is -2.20. The number of benzene rings is 3. The quantitative estimate of drug-likeness (QED) is 0.348. The number of halogens is 3. The second-order valence-electron chi connectivity index (χ2n) is 7.08. The Hall–Kier alpha value is -3.81. The van der Waals surface area contributed by atoms with Crippen LogP contribution >= 0.6 is 0 Å². The third-order valence-corrected chi connectivity index (χ3v) is 4.53. The molecule has 0 atom stereocenters. The lowest BCUT2D eigenvalue weighted by atomic mass is 10.1. The molecule has 0 saturated heterocycles. The number of carbonyl (C=O) groups is 1. The minimum absolute atomic E-state index is 0.224. The number of amides is 1. The molecule has 172 valence electrons. The van der Waals surface area contributed by atoms with Crippen molar-refractivity contribution in [3.05, 3.63) is 95.1 Å². The van der Waals surface area contributed by atoms with E-state index in [1.54, 1.807) is 18.2 Å². The number of alkyl halides is 3. The van der Waals surface area contributed by atoms with Crippen LogP contribution in [0.15, 0.2) is 77.9 Å². The van der Waals surface area contributed by atoms with Gasteiger partial charge in [-0.15, -0.1) is 0 Å². The molecule has 0 fully saturated rings. The van der Waals surface area contributed by atoms with Gasteiger partial charge in [0.1, 0.15) is 6.61 Å². The molecule has 1 N–H and O–H groups in total. The average molecular weight is 456 g/mol. The Morgan fingerprint density at radius 3 is 2.42 bits per heavy atom. The van der Waals surface area contributed by atoms with Gasteiger partial charge in [0.2, 0.25) is 5.91 Å². The van der Waals surface area contributed by atoms with Crippen molar-refractivity contribution in [3.8, 4) is 11.5 Å². The fraction of sp³-hybridized carbons (Fsp3) is 0.200. The van der Waals surface area contributed by atoms with Crippen molar-refractivity contribution >= 4 is 12.1 Å². The molecule has 0 aromatic heterocycles. The highest BCUT2D eigenvalue weighted by Gasteiger charge is 2.30. The molecule has 3 aromatic carbocycles. The third-order valence-electron chi connectivity index (χ3n) is 4.53. The van der Waals surface area contributed by atoms with E-state index < -0.39 is 17.6 Å². The van der Waals surface area contributed by atoms with Gasteiger partial charge >= 0.3 is 6.18 Å². The molecule has 33 heavy (non-hydrogen) atoms. The number of nitrogens with zero attached hydrogens (tertiary/aromatic N) is 1. The van der Waals surface area contributed by atoms with E-state index in [4.69, 9.17) is 9.47 Å². The highest BCUT2D eigenvalue weighted by Crippen LogP contribution is 2.30. The zero-order valence-electron chi connectivity index (χ0n) is 17.9. The fourth-order valence-corrected chi connectivity index (χ4v) is 2.99. The van der Waals surface area contributed by atoms with E-state index in [0.29, 0.717) is 30.3 Å². The molecular weight excluding hydrogens is 433 g/mol. The molecule has 3 rings (SSSR count). The second kappa shape index (κ2) is 11.2. The molecule has 0 bridgehead atoms. The molecular formula is C25H23F3N2O3. The van der Waals surface area contributed by atoms with Crippen LogP contribution in [0.4, 0.5) is 13.2 Å². The van der Waals surface area contributed by atoms with Gasteiger partial charge in [0.05, 0.1) is 24.8 Å². The normalized spacial score (nSPS) is 11.4. The SMILES string of the molecule is CCOc1cc(/C=N\NC(=O)Cc2cccc(C(F)(F)F)c2)ccc1OCc1ccccc1. The van der Waals surface area contributed by atoms with Crippen molar-refractivity contribution in [1.82, 2.24) is 5.43 Å². The van der Waals surface area contributed by atoms with E-state index in [1.165, 1.54) is 18.3 Å². The standard InChI is InChI=1S/C25H23F3N2O3/c1-2-32-23-14-20(11-12-22(23)33-17-18-7-4-3-5-8-18)16-29-30-24(31)15-19-9-6-10-21(13-19)25(26,27)28/h3-14,16H,2,15,17H2,1H3,(H,30,31)/b29-16-. The van der Waals surface area contributed by atoms with Gasteiger partial charge in [0.25, 0.3) is 0 Å². The van der Waals surface area contributed by atoms with Crippen LogP contribution in [0.5, 0.6) is 11.5 Å². The Morgan fingerprint density at radius 1 is 0.939 bits per heavy atom. The van der Waals surface area contributed by atoms with Gasteiger partial charge < -0.3 is 9.47 Å². The van der Waals surface area contributed by atoms with Crippen molar-refractivity contribution in [2.24, 2.45) is 5.10 Å². The first-order valence-corrected chi connectivity index (χ1v) is 10.3. The lowest BCUT2D eigenvalue weighted by molar-refractivity contribution is -0.137. The Balaban J connectivity index is 1.60. The molecule has 0 saturated carbocycles. The summed E-state index contributed by atoms with van der Waals surface area (Å²) in [5.74, 6) is 0.581. The second-order valence-corrected chi connectivity index (χ2v) is 7.08. The molecule has 0 aliphatic heterocycles. The molecule has 0 aliphatic rings. The number of nitrogens with one attached hydrogen (secondary N) is 1. The van der Waals surface area contributed by atoms with E-state index in [-0.39, 0.29) is 12.0 Å². The smallest absolute Gasteiger partial charge is 0.416 e. The summed E-state index contributed by atoms with van der Waals surface area (Å²) in [5.41, 5.74) is 3.46. The summed E-state index contributed by atoms with van der Waals surface area (Å²) in [6.45, 7) is 2.69. The van der Waals surface area contributed by atoms with Crippen LogP contribution in [0.2, 0.25) is 0 Å². The largest absolute Gasteiger partial charge is 0.490 e. The summed E-state index contributed by atoms with van der Waals surface area (Å²) < 4.78 is 49.9. The Morgan fingerprint density at radius 2 is 1.70 bits per heavy atom. The van der Waals surface area contributed by atoms with Crippen molar-refractivity contribution in [1.29, 1.82) is 0 Å². The maximum Gasteiger partial charge on any atom is 0.416 e. The first-order valence-electron chi connectivity index (χ1n) is 10.3. The zero-order valence-corrected chi connectivity index (χ0v) is 17.9. The minimum Gasteiger partial charge on any atom is -0.490 e. The van der Waals surface area contributed by atoms with Crippen LogP contribution in [-0.2, 0) is 24.0 Å². The van der Waals surface area contributed by atoms with Gasteiger partial charge in [-0.1, -0.05) is 48.5 Å². The molecule has 3 aromatic rings. The van der Waals surface area contributed by atoms with Crippen molar-refractivity contribution < 1.29 is 27.4 Å². The molecule has 0 unspecified atom stereocenters. The maximum absolute atomic E-state index is 12.8. The van der Waals surface area contributed by atoms with Crippen molar-refractivity contribution in [2.75, 3.05) is 6.61 Å². The minimum atomic E-state index is -4.46. The van der Waals surface area contributed by atoms with Gasteiger partial charge in [0.15, 0.2) is 11.5 Å². The van der Waals surface area contributed by atoms with Crippen LogP contribution in [0.3, 0.4) is 0 Å². The molecule has 0 radical (unpaired) electrons. The number of hydrazone groups is 1. The van der Waals surface area contributed by atoms with E-state index >= 15 is 0 Å². The summed E-state index contributed by atoms with van der Waals surface area (Å²) in [5, 5.41) is 3.89. The van der Waals surface area contributed by atoms with Crippen LogP contribution in [-0.4, -0.2) is 18.7 Å². The van der Waals surface area contributed by atoms with Crippen LogP contribution in [0.1, 0.15) is 29.2 Å². The first kappa shape index (κ1) is 23.8. The maximum atomic E-state index is 12.8. The number of hydrogen-bond donors (Lipinski definition) is 1. The molecule has 1 amide bonds. The van der Waals surface area contributed by atoms with Crippen molar-refractivity contribution in [3.63, 3.8) is 0 Å². The molecule has 0 heterocycles. The van der Waals surface area contributed by atoms with Gasteiger partial charge in [-0.25, -0.2) is 5.43 Å². The van der Waals surface area contributed by atoms with Crippen molar-refractivity contribution in [2.45, 2.75) is 26.1 Å². The number of hydrogen-bond acceptors (Lipinski definition) is 4. The molecule has 8 heteroatoms. The van der Waals surface area contributed by atoms with Crippen LogP contribution in [0, 0.1) is 0 Å². The summed E-state index contributed by atoms with van der Waals surface area (Å²) in [4.78, 5) is 12.1. The zero-order chi connectivity index (χ0) is 23.7. The fourth-order valence-electron chi connectivity index (χ4n) is 2.99. The number of carbonyl (C=O) groups excluding carboxylic acids is 1. The monoisotopic (exact) mass is 456 g/mol. The summed E-state index contributed by atoms with van der Waals surface area (Å²) >= 11 is 0. The summed E-state index contributed by atoms with van der Waals surface area (Å²) in [6, 6.07) is 19.6. The van der Waals surface area contributed by atoms with Gasteiger partial charge in [-0.3, -0.25) is 4.79 Å². The van der Waals surface area contributed by atoms with E-state index in [1.807, 2.05) is 37.3 Å². The predicted octanol–water partition coefficient (Wildman–Crippen LogP) is 5.38. The summed E-state index contributed by atoms with van der Waals surface area (Å²) in [6.07, 6.45) is -3.26. The summed E-state index contributed by atoms with van der Waals surface area (Å²) in [7, 11) is 0. The topological polar surface area (TPSA) is 59.9 Å². The Bertz CT molecular complexity index is 1100. The Kier molecular flexibility index (Phi) is 8.07. The highest BCUT2D eigenvalue weighted by atomic mass is 19.4.